The molecule has 3 N–H and O–H groups in total. The zero-order valence-electron chi connectivity index (χ0n) is 10.3. The lowest BCUT2D eigenvalue weighted by Gasteiger charge is -2.26. The average Bonchev–Trinajstić information content (AvgIpc) is 2.38. The third-order valence-electron chi connectivity index (χ3n) is 2.66. The van der Waals surface area contributed by atoms with Gasteiger partial charge in [0.25, 0.3) is 0 Å². The second-order valence-corrected chi connectivity index (χ2v) is 5.27. The summed E-state index contributed by atoms with van der Waals surface area (Å²) in [7, 11) is 0. The molecule has 7 heteroatoms. The van der Waals surface area contributed by atoms with E-state index in [9.17, 15) is 9.59 Å². The number of hydrogen-bond acceptors (Lipinski definition) is 5. The predicted molar refractivity (Wildman–Crippen MR) is 69.6 cm³/mol. The Morgan fingerprint density at radius 1 is 1.39 bits per heavy atom. The van der Waals surface area contributed by atoms with Gasteiger partial charge in [-0.15, -0.1) is 0 Å². The van der Waals surface area contributed by atoms with Crippen LogP contribution in [0.15, 0.2) is 0 Å². The maximum absolute atomic E-state index is 11.7. The minimum Gasteiger partial charge on any atom is -0.480 e. The largest absolute Gasteiger partial charge is 0.480 e. The first-order chi connectivity index (χ1) is 8.61. The number of amides is 1. The molecule has 18 heavy (non-hydrogen) atoms. The number of carboxylic acid groups (broad SMARTS) is 1. The molecular weight excluding hydrogens is 256 g/mol. The Morgan fingerprint density at radius 3 is 2.67 bits per heavy atom. The Morgan fingerprint density at radius 2 is 2.06 bits per heavy atom. The summed E-state index contributed by atoms with van der Waals surface area (Å²) in [5, 5.41) is 8.59. The fraction of sp³-hybridized carbons (Fsp3) is 0.818. The molecule has 0 bridgehead atoms. The van der Waals surface area contributed by atoms with Crippen molar-refractivity contribution in [2.75, 3.05) is 37.8 Å². The van der Waals surface area contributed by atoms with E-state index in [-0.39, 0.29) is 5.91 Å². The van der Waals surface area contributed by atoms with E-state index >= 15 is 0 Å². The molecule has 0 aromatic carbocycles. The number of aliphatic carboxylic acids is 1. The Kier molecular flexibility index (Phi) is 7.07. The molecule has 0 saturated carbocycles. The molecule has 1 aliphatic rings. The Bertz CT molecular complexity index is 282. The average molecular weight is 276 g/mol. The first-order valence-corrected chi connectivity index (χ1v) is 7.18. The summed E-state index contributed by atoms with van der Waals surface area (Å²) < 4.78 is 5.17. The number of ether oxygens (including phenoxy) is 1. The number of thioether (sulfide) groups is 1. The van der Waals surface area contributed by atoms with Gasteiger partial charge in [-0.3, -0.25) is 9.59 Å². The first-order valence-electron chi connectivity index (χ1n) is 6.03. The molecule has 1 rings (SSSR count). The molecule has 6 nitrogen and oxygen atoms in total. The number of rotatable bonds is 7. The molecule has 1 aliphatic heterocycles. The van der Waals surface area contributed by atoms with Crippen molar-refractivity contribution in [1.82, 2.24) is 4.90 Å². The summed E-state index contributed by atoms with van der Waals surface area (Å²) in [5.74, 6) is 0.325. The predicted octanol–water partition coefficient (Wildman–Crippen LogP) is -0.229. The van der Waals surface area contributed by atoms with Crippen LogP contribution in [-0.4, -0.2) is 65.7 Å². The molecule has 1 saturated heterocycles. The van der Waals surface area contributed by atoms with E-state index in [2.05, 4.69) is 0 Å². The Balaban J connectivity index is 2.03. The second kappa shape index (κ2) is 8.34. The summed E-state index contributed by atoms with van der Waals surface area (Å²) in [4.78, 5) is 24.0. The molecule has 0 radical (unpaired) electrons. The Hall–Kier alpha value is -0.790. The van der Waals surface area contributed by atoms with Crippen LogP contribution in [0.1, 0.15) is 12.8 Å². The number of carboxylic acids is 1. The van der Waals surface area contributed by atoms with Gasteiger partial charge in [0.05, 0.1) is 13.2 Å². The van der Waals surface area contributed by atoms with Crippen molar-refractivity contribution in [2.45, 2.75) is 18.9 Å². The molecule has 0 aliphatic carbocycles. The summed E-state index contributed by atoms with van der Waals surface area (Å²) in [5.41, 5.74) is 5.37. The van der Waals surface area contributed by atoms with E-state index in [0.29, 0.717) is 38.5 Å². The van der Waals surface area contributed by atoms with Crippen molar-refractivity contribution in [3.05, 3.63) is 0 Å². The van der Waals surface area contributed by atoms with E-state index in [1.807, 2.05) is 4.90 Å². The molecule has 1 fully saturated rings. The lowest BCUT2D eigenvalue weighted by Crippen LogP contribution is -2.40. The van der Waals surface area contributed by atoms with Crippen molar-refractivity contribution in [1.29, 1.82) is 0 Å². The third-order valence-corrected chi connectivity index (χ3v) is 3.83. The molecule has 1 amide bonds. The van der Waals surface area contributed by atoms with E-state index in [0.717, 1.165) is 12.2 Å². The van der Waals surface area contributed by atoms with Gasteiger partial charge in [0.2, 0.25) is 5.91 Å². The SMILES string of the molecule is N[C@H](CSCCCC(=O)N1CCOCC1)C(=O)O. The monoisotopic (exact) mass is 276 g/mol. The van der Waals surface area contributed by atoms with Crippen LogP contribution >= 0.6 is 11.8 Å². The van der Waals surface area contributed by atoms with Crippen LogP contribution in [0.5, 0.6) is 0 Å². The van der Waals surface area contributed by atoms with Gasteiger partial charge < -0.3 is 20.5 Å². The lowest BCUT2D eigenvalue weighted by molar-refractivity contribution is -0.138. The summed E-state index contributed by atoms with van der Waals surface area (Å²) in [6.45, 7) is 2.59. The standard InChI is InChI=1S/C11H20N2O4S/c12-9(11(15)16)8-18-7-1-2-10(14)13-3-5-17-6-4-13/h9H,1-8,12H2,(H,15,16)/t9-/m1/s1. The van der Waals surface area contributed by atoms with Crippen molar-refractivity contribution < 1.29 is 19.4 Å². The molecule has 0 aromatic heterocycles. The summed E-state index contributed by atoms with van der Waals surface area (Å²) >= 11 is 1.48. The minimum absolute atomic E-state index is 0.154. The third kappa shape index (κ3) is 5.70. The van der Waals surface area contributed by atoms with Gasteiger partial charge >= 0.3 is 5.97 Å². The number of nitrogens with zero attached hydrogens (tertiary/aromatic N) is 1. The van der Waals surface area contributed by atoms with E-state index in [1.54, 1.807) is 0 Å². The molecule has 104 valence electrons. The summed E-state index contributed by atoms with van der Waals surface area (Å²) in [6, 6.07) is -0.815. The maximum Gasteiger partial charge on any atom is 0.321 e. The highest BCUT2D eigenvalue weighted by atomic mass is 32.2. The first kappa shape index (κ1) is 15.3. The summed E-state index contributed by atoms with van der Waals surface area (Å²) in [6.07, 6.45) is 1.27. The van der Waals surface area contributed by atoms with E-state index in [4.69, 9.17) is 15.6 Å². The van der Waals surface area contributed by atoms with Gasteiger partial charge in [0.1, 0.15) is 6.04 Å². The smallest absolute Gasteiger partial charge is 0.321 e. The molecule has 0 unspecified atom stereocenters. The second-order valence-electron chi connectivity index (χ2n) is 4.12. The highest BCUT2D eigenvalue weighted by Crippen LogP contribution is 2.08. The van der Waals surface area contributed by atoms with Gasteiger partial charge in [0, 0.05) is 25.3 Å². The highest BCUT2D eigenvalue weighted by molar-refractivity contribution is 7.99. The van der Waals surface area contributed by atoms with Gasteiger partial charge in [-0.1, -0.05) is 0 Å². The zero-order valence-corrected chi connectivity index (χ0v) is 11.2. The van der Waals surface area contributed by atoms with Crippen LogP contribution < -0.4 is 5.73 Å². The van der Waals surface area contributed by atoms with Crippen LogP contribution in [0.3, 0.4) is 0 Å². The fourth-order valence-electron chi connectivity index (χ4n) is 1.58. The number of carbonyl (C=O) groups is 2. The minimum atomic E-state index is -0.980. The molecule has 0 spiro atoms. The van der Waals surface area contributed by atoms with Gasteiger partial charge in [-0.2, -0.15) is 11.8 Å². The number of nitrogens with two attached hydrogens (primary N) is 1. The van der Waals surface area contributed by atoms with Crippen molar-refractivity contribution in [3.63, 3.8) is 0 Å². The quantitative estimate of drug-likeness (QED) is 0.624. The fourth-order valence-corrected chi connectivity index (χ4v) is 2.49. The van der Waals surface area contributed by atoms with Crippen LogP contribution in [-0.2, 0) is 14.3 Å². The van der Waals surface area contributed by atoms with Crippen LogP contribution in [0.25, 0.3) is 0 Å². The van der Waals surface area contributed by atoms with Crippen LogP contribution in [0, 0.1) is 0 Å². The maximum atomic E-state index is 11.7. The topological polar surface area (TPSA) is 92.9 Å². The normalized spacial score (nSPS) is 17.5. The van der Waals surface area contributed by atoms with Gasteiger partial charge in [-0.25, -0.2) is 0 Å². The van der Waals surface area contributed by atoms with Gasteiger partial charge in [-0.05, 0) is 12.2 Å². The van der Waals surface area contributed by atoms with Crippen molar-refractivity contribution in [3.8, 4) is 0 Å². The molecule has 0 aromatic rings. The highest BCUT2D eigenvalue weighted by Gasteiger charge is 2.16. The van der Waals surface area contributed by atoms with Crippen molar-refractivity contribution >= 4 is 23.6 Å². The molecule has 1 heterocycles. The van der Waals surface area contributed by atoms with Crippen LogP contribution in [0.4, 0.5) is 0 Å². The zero-order chi connectivity index (χ0) is 13.4. The molecular formula is C11H20N2O4S. The number of morpholine rings is 1. The Labute approximate surface area is 111 Å². The van der Waals surface area contributed by atoms with E-state index in [1.165, 1.54) is 11.8 Å². The molecule has 1 atom stereocenters. The van der Waals surface area contributed by atoms with Crippen molar-refractivity contribution in [2.24, 2.45) is 5.73 Å². The van der Waals surface area contributed by atoms with E-state index < -0.39 is 12.0 Å². The van der Waals surface area contributed by atoms with Gasteiger partial charge in [0.15, 0.2) is 0 Å². The lowest BCUT2D eigenvalue weighted by atomic mass is 10.3. The number of carbonyl (C=O) groups excluding carboxylic acids is 1. The number of hydrogen-bond donors (Lipinski definition) is 2. The van der Waals surface area contributed by atoms with Crippen LogP contribution in [0.2, 0.25) is 0 Å².